The Hall–Kier alpha value is -3.35. The summed E-state index contributed by atoms with van der Waals surface area (Å²) in [6.45, 7) is 1.94. The van der Waals surface area contributed by atoms with Gasteiger partial charge in [-0.25, -0.2) is 10.2 Å². The molecule has 158 valence electrons. The lowest BCUT2D eigenvalue weighted by Crippen LogP contribution is -2.17. The number of rotatable bonds is 6. The van der Waals surface area contributed by atoms with E-state index in [0.717, 1.165) is 5.56 Å². The van der Waals surface area contributed by atoms with Crippen molar-refractivity contribution in [2.24, 2.45) is 5.10 Å². The summed E-state index contributed by atoms with van der Waals surface area (Å²) in [5.41, 5.74) is 4.83. The van der Waals surface area contributed by atoms with Gasteiger partial charge in [0, 0.05) is 5.56 Å². The van der Waals surface area contributed by atoms with E-state index in [4.69, 9.17) is 32.7 Å². The highest BCUT2D eigenvalue weighted by Crippen LogP contribution is 2.28. The average Bonchev–Trinajstić information content (AvgIpc) is 2.76. The maximum atomic E-state index is 12.3. The third kappa shape index (κ3) is 5.84. The first kappa shape index (κ1) is 22.3. The number of halogens is 2. The molecule has 0 saturated heterocycles. The molecule has 0 aromatic heterocycles. The van der Waals surface area contributed by atoms with Crippen LogP contribution in [0.15, 0.2) is 65.8 Å². The van der Waals surface area contributed by atoms with Gasteiger partial charge in [0.05, 0.1) is 28.9 Å². The second-order valence-electron chi connectivity index (χ2n) is 6.49. The van der Waals surface area contributed by atoms with Crippen molar-refractivity contribution in [3.05, 3.63) is 93.0 Å². The van der Waals surface area contributed by atoms with Crippen molar-refractivity contribution in [2.75, 3.05) is 7.11 Å². The molecule has 0 heterocycles. The van der Waals surface area contributed by atoms with Crippen LogP contribution in [0.25, 0.3) is 0 Å². The fourth-order valence-electron chi connectivity index (χ4n) is 2.56. The first-order valence-electron chi connectivity index (χ1n) is 9.12. The van der Waals surface area contributed by atoms with Gasteiger partial charge in [-0.15, -0.1) is 0 Å². The Kier molecular flexibility index (Phi) is 7.28. The van der Waals surface area contributed by atoms with Crippen LogP contribution in [-0.2, 0) is 0 Å². The maximum Gasteiger partial charge on any atom is 0.343 e. The Labute approximate surface area is 189 Å². The van der Waals surface area contributed by atoms with Crippen molar-refractivity contribution >= 4 is 41.3 Å². The summed E-state index contributed by atoms with van der Waals surface area (Å²) in [5, 5.41) is 4.56. The lowest BCUT2D eigenvalue weighted by molar-refractivity contribution is 0.0729. The predicted octanol–water partition coefficient (Wildman–Crippen LogP) is 5.29. The number of hydrogen-bond donors (Lipinski definition) is 1. The van der Waals surface area contributed by atoms with E-state index in [-0.39, 0.29) is 10.8 Å². The number of amides is 1. The molecule has 0 unspecified atom stereocenters. The SMILES string of the molecule is COc1cc(/C=N\NC(=O)c2ccc(Cl)c(Cl)c2)ccc1OC(=O)c1ccc(C)cc1. The van der Waals surface area contributed by atoms with Gasteiger partial charge in [0.15, 0.2) is 11.5 Å². The van der Waals surface area contributed by atoms with E-state index in [2.05, 4.69) is 10.5 Å². The van der Waals surface area contributed by atoms with E-state index in [1.54, 1.807) is 36.4 Å². The molecule has 1 amide bonds. The van der Waals surface area contributed by atoms with Crippen LogP contribution in [0.3, 0.4) is 0 Å². The lowest BCUT2D eigenvalue weighted by Gasteiger charge is -2.10. The largest absolute Gasteiger partial charge is 0.493 e. The molecule has 0 bridgehead atoms. The summed E-state index contributed by atoms with van der Waals surface area (Å²) in [6, 6.07) is 16.5. The normalized spacial score (nSPS) is 10.7. The highest BCUT2D eigenvalue weighted by atomic mass is 35.5. The average molecular weight is 457 g/mol. The Morgan fingerprint density at radius 1 is 0.903 bits per heavy atom. The van der Waals surface area contributed by atoms with Crippen LogP contribution < -0.4 is 14.9 Å². The van der Waals surface area contributed by atoms with Gasteiger partial charge < -0.3 is 9.47 Å². The molecule has 8 heteroatoms. The standard InChI is InChI=1S/C23H18Cl2N2O4/c1-14-3-6-16(7-4-14)23(29)31-20-10-5-15(11-21(20)30-2)13-26-27-22(28)17-8-9-18(24)19(25)12-17/h3-13H,1-2H3,(H,27,28)/b26-13-. The van der Waals surface area contributed by atoms with Gasteiger partial charge in [0.25, 0.3) is 5.91 Å². The second kappa shape index (κ2) is 10.1. The van der Waals surface area contributed by atoms with Crippen LogP contribution in [0.5, 0.6) is 11.5 Å². The third-order valence-corrected chi connectivity index (χ3v) is 4.98. The quantitative estimate of drug-likeness (QED) is 0.236. The summed E-state index contributed by atoms with van der Waals surface area (Å²) >= 11 is 11.8. The third-order valence-electron chi connectivity index (χ3n) is 4.24. The van der Waals surface area contributed by atoms with Gasteiger partial charge in [0.2, 0.25) is 0 Å². The van der Waals surface area contributed by atoms with E-state index < -0.39 is 11.9 Å². The number of esters is 1. The van der Waals surface area contributed by atoms with E-state index in [1.165, 1.54) is 25.5 Å². The van der Waals surface area contributed by atoms with Crippen LogP contribution in [0.1, 0.15) is 31.8 Å². The molecule has 3 aromatic rings. The molecule has 3 aromatic carbocycles. The summed E-state index contributed by atoms with van der Waals surface area (Å²) in [7, 11) is 1.46. The predicted molar refractivity (Wildman–Crippen MR) is 121 cm³/mol. The molecule has 1 N–H and O–H groups in total. The lowest BCUT2D eigenvalue weighted by atomic mass is 10.1. The molecule has 31 heavy (non-hydrogen) atoms. The molecule has 0 aliphatic heterocycles. The number of ether oxygens (including phenoxy) is 2. The molecule has 0 radical (unpaired) electrons. The topological polar surface area (TPSA) is 77.0 Å². The Morgan fingerprint density at radius 3 is 2.29 bits per heavy atom. The highest BCUT2D eigenvalue weighted by molar-refractivity contribution is 6.42. The summed E-state index contributed by atoms with van der Waals surface area (Å²) in [4.78, 5) is 24.5. The molecule has 3 rings (SSSR count). The molecular formula is C23H18Cl2N2O4. The van der Waals surface area contributed by atoms with Crippen molar-refractivity contribution in [1.29, 1.82) is 0 Å². The van der Waals surface area contributed by atoms with Crippen molar-refractivity contribution < 1.29 is 19.1 Å². The number of nitrogens with zero attached hydrogens (tertiary/aromatic N) is 1. The number of aryl methyl sites for hydroxylation is 1. The minimum Gasteiger partial charge on any atom is -0.493 e. The molecule has 0 aliphatic carbocycles. The molecule has 0 spiro atoms. The molecule has 6 nitrogen and oxygen atoms in total. The fraction of sp³-hybridized carbons (Fsp3) is 0.0870. The summed E-state index contributed by atoms with van der Waals surface area (Å²) in [6.07, 6.45) is 1.43. The number of carbonyl (C=O) groups excluding carboxylic acids is 2. The van der Waals surface area contributed by atoms with Gasteiger partial charge in [-0.2, -0.15) is 5.10 Å². The first-order chi connectivity index (χ1) is 14.9. The Balaban J connectivity index is 1.67. The molecule has 0 saturated carbocycles. The number of benzene rings is 3. The van der Waals surface area contributed by atoms with Crippen molar-refractivity contribution in [3.63, 3.8) is 0 Å². The van der Waals surface area contributed by atoms with E-state index >= 15 is 0 Å². The maximum absolute atomic E-state index is 12.3. The zero-order chi connectivity index (χ0) is 22.4. The van der Waals surface area contributed by atoms with Gasteiger partial charge in [-0.3, -0.25) is 4.79 Å². The molecule has 0 atom stereocenters. The molecule has 0 fully saturated rings. The summed E-state index contributed by atoms with van der Waals surface area (Å²) in [5.74, 6) is -0.315. The van der Waals surface area contributed by atoms with Crippen molar-refractivity contribution in [3.8, 4) is 11.5 Å². The number of methoxy groups -OCH3 is 1. The number of carbonyl (C=O) groups is 2. The van der Waals surface area contributed by atoms with Gasteiger partial charge in [0.1, 0.15) is 0 Å². The Bertz CT molecular complexity index is 1140. The van der Waals surface area contributed by atoms with Crippen molar-refractivity contribution in [2.45, 2.75) is 6.92 Å². The van der Waals surface area contributed by atoms with E-state index in [9.17, 15) is 9.59 Å². The number of nitrogens with one attached hydrogen (secondary N) is 1. The van der Waals surface area contributed by atoms with Crippen LogP contribution in [-0.4, -0.2) is 25.2 Å². The number of hydrogen-bond acceptors (Lipinski definition) is 5. The summed E-state index contributed by atoms with van der Waals surface area (Å²) < 4.78 is 10.7. The minimum atomic E-state index is -0.492. The molecule has 0 aliphatic rings. The van der Waals surface area contributed by atoms with Crippen LogP contribution >= 0.6 is 23.2 Å². The minimum absolute atomic E-state index is 0.269. The Morgan fingerprint density at radius 2 is 1.61 bits per heavy atom. The smallest absolute Gasteiger partial charge is 0.343 e. The second-order valence-corrected chi connectivity index (χ2v) is 7.31. The van der Waals surface area contributed by atoms with Gasteiger partial charge in [-0.05, 0) is 61.0 Å². The molecular weight excluding hydrogens is 439 g/mol. The van der Waals surface area contributed by atoms with Crippen molar-refractivity contribution in [1.82, 2.24) is 5.43 Å². The first-order valence-corrected chi connectivity index (χ1v) is 9.88. The van der Waals surface area contributed by atoms with Crippen LogP contribution in [0, 0.1) is 6.92 Å². The van der Waals surface area contributed by atoms with Gasteiger partial charge in [-0.1, -0.05) is 40.9 Å². The van der Waals surface area contributed by atoms with Crippen LogP contribution in [0.2, 0.25) is 10.0 Å². The fourth-order valence-corrected chi connectivity index (χ4v) is 2.86. The monoisotopic (exact) mass is 456 g/mol. The van der Waals surface area contributed by atoms with E-state index in [0.29, 0.717) is 27.5 Å². The highest BCUT2D eigenvalue weighted by Gasteiger charge is 2.13. The van der Waals surface area contributed by atoms with Crippen LogP contribution in [0.4, 0.5) is 0 Å². The zero-order valence-electron chi connectivity index (χ0n) is 16.7. The van der Waals surface area contributed by atoms with E-state index in [1.807, 2.05) is 19.1 Å². The zero-order valence-corrected chi connectivity index (χ0v) is 18.2. The number of hydrazone groups is 1. The van der Waals surface area contributed by atoms with Gasteiger partial charge >= 0.3 is 5.97 Å².